The SMILES string of the molecule is CCC1CCN(CC(N)C2CCOC2)CC1. The highest BCUT2D eigenvalue weighted by Crippen LogP contribution is 2.21. The van der Waals surface area contributed by atoms with E-state index < -0.39 is 0 Å². The lowest BCUT2D eigenvalue weighted by Crippen LogP contribution is -2.45. The third kappa shape index (κ3) is 3.19. The molecule has 2 rings (SSSR count). The maximum absolute atomic E-state index is 6.26. The lowest BCUT2D eigenvalue weighted by atomic mass is 9.93. The third-order valence-electron chi connectivity index (χ3n) is 4.32. The molecule has 2 atom stereocenters. The second kappa shape index (κ2) is 5.99. The molecule has 94 valence electrons. The fourth-order valence-electron chi connectivity index (χ4n) is 2.91. The van der Waals surface area contributed by atoms with Gasteiger partial charge < -0.3 is 15.4 Å². The van der Waals surface area contributed by atoms with Crippen LogP contribution in [0.3, 0.4) is 0 Å². The highest BCUT2D eigenvalue weighted by molar-refractivity contribution is 4.81. The number of hydrogen-bond acceptors (Lipinski definition) is 3. The van der Waals surface area contributed by atoms with Gasteiger partial charge in [-0.25, -0.2) is 0 Å². The van der Waals surface area contributed by atoms with Crippen molar-refractivity contribution in [3.63, 3.8) is 0 Å². The van der Waals surface area contributed by atoms with Crippen LogP contribution >= 0.6 is 0 Å². The van der Waals surface area contributed by atoms with Gasteiger partial charge in [0.2, 0.25) is 0 Å². The first-order valence-corrected chi connectivity index (χ1v) is 6.85. The first kappa shape index (κ1) is 12.3. The molecule has 0 amide bonds. The van der Waals surface area contributed by atoms with Crippen molar-refractivity contribution in [1.29, 1.82) is 0 Å². The quantitative estimate of drug-likeness (QED) is 0.789. The van der Waals surface area contributed by atoms with Gasteiger partial charge in [-0.15, -0.1) is 0 Å². The van der Waals surface area contributed by atoms with Gasteiger partial charge in [-0.3, -0.25) is 0 Å². The van der Waals surface area contributed by atoms with Crippen molar-refractivity contribution in [1.82, 2.24) is 4.90 Å². The molecule has 2 N–H and O–H groups in total. The van der Waals surface area contributed by atoms with E-state index in [2.05, 4.69) is 11.8 Å². The first-order valence-electron chi connectivity index (χ1n) is 6.85. The summed E-state index contributed by atoms with van der Waals surface area (Å²) in [6.45, 7) is 7.68. The zero-order chi connectivity index (χ0) is 11.4. The van der Waals surface area contributed by atoms with Crippen LogP contribution in [0.1, 0.15) is 32.6 Å². The number of likely N-dealkylation sites (tertiary alicyclic amines) is 1. The minimum absolute atomic E-state index is 0.320. The zero-order valence-electron chi connectivity index (χ0n) is 10.5. The molecule has 3 nitrogen and oxygen atoms in total. The molecule has 2 aliphatic heterocycles. The number of rotatable bonds is 4. The highest BCUT2D eigenvalue weighted by atomic mass is 16.5. The summed E-state index contributed by atoms with van der Waals surface area (Å²) < 4.78 is 5.40. The van der Waals surface area contributed by atoms with E-state index in [9.17, 15) is 0 Å². The van der Waals surface area contributed by atoms with Crippen LogP contribution in [0.5, 0.6) is 0 Å². The van der Waals surface area contributed by atoms with Gasteiger partial charge in [0, 0.05) is 25.1 Å². The van der Waals surface area contributed by atoms with Crippen molar-refractivity contribution in [3.8, 4) is 0 Å². The molecule has 0 aliphatic carbocycles. The molecular formula is C13H26N2O. The minimum Gasteiger partial charge on any atom is -0.381 e. The average Bonchev–Trinajstić information content (AvgIpc) is 2.83. The Labute approximate surface area is 99.3 Å². The molecule has 0 aromatic carbocycles. The van der Waals surface area contributed by atoms with E-state index in [4.69, 9.17) is 10.5 Å². The molecule has 0 aromatic rings. The van der Waals surface area contributed by atoms with Crippen LogP contribution in [-0.4, -0.2) is 43.8 Å². The topological polar surface area (TPSA) is 38.5 Å². The highest BCUT2D eigenvalue weighted by Gasteiger charge is 2.26. The molecule has 2 fully saturated rings. The second-order valence-electron chi connectivity index (χ2n) is 5.44. The Morgan fingerprint density at radius 2 is 2.06 bits per heavy atom. The molecule has 0 spiro atoms. The summed E-state index contributed by atoms with van der Waals surface area (Å²) in [6.07, 6.45) is 5.23. The van der Waals surface area contributed by atoms with Crippen LogP contribution in [0.4, 0.5) is 0 Å². The van der Waals surface area contributed by atoms with Gasteiger partial charge in [-0.2, -0.15) is 0 Å². The van der Waals surface area contributed by atoms with Crippen molar-refractivity contribution >= 4 is 0 Å². The lowest BCUT2D eigenvalue weighted by Gasteiger charge is -2.34. The van der Waals surface area contributed by atoms with Crippen LogP contribution in [-0.2, 0) is 4.74 Å². The number of ether oxygens (including phenoxy) is 1. The van der Waals surface area contributed by atoms with Crippen LogP contribution in [0.15, 0.2) is 0 Å². The number of hydrogen-bond donors (Lipinski definition) is 1. The Morgan fingerprint density at radius 3 is 2.62 bits per heavy atom. The maximum Gasteiger partial charge on any atom is 0.0510 e. The summed E-state index contributed by atoms with van der Waals surface area (Å²) in [5.74, 6) is 1.56. The summed E-state index contributed by atoms with van der Waals surface area (Å²) in [7, 11) is 0. The summed E-state index contributed by atoms with van der Waals surface area (Å²) in [5, 5.41) is 0. The third-order valence-corrected chi connectivity index (χ3v) is 4.32. The van der Waals surface area contributed by atoms with E-state index >= 15 is 0 Å². The molecule has 2 unspecified atom stereocenters. The monoisotopic (exact) mass is 226 g/mol. The fraction of sp³-hybridized carbons (Fsp3) is 1.00. The van der Waals surface area contributed by atoms with Crippen LogP contribution in [0, 0.1) is 11.8 Å². The van der Waals surface area contributed by atoms with E-state index in [1.807, 2.05) is 0 Å². The summed E-state index contributed by atoms with van der Waals surface area (Å²) >= 11 is 0. The van der Waals surface area contributed by atoms with Crippen LogP contribution in [0.25, 0.3) is 0 Å². The standard InChI is InChI=1S/C13H26N2O/c1-2-11-3-6-15(7-4-11)9-13(14)12-5-8-16-10-12/h11-13H,2-10,14H2,1H3. The Hall–Kier alpha value is -0.120. The molecule has 3 heteroatoms. The Bertz CT molecular complexity index is 196. The largest absolute Gasteiger partial charge is 0.381 e. The number of piperidine rings is 1. The molecule has 0 bridgehead atoms. The van der Waals surface area contributed by atoms with E-state index in [0.717, 1.165) is 32.1 Å². The van der Waals surface area contributed by atoms with Gasteiger partial charge in [0.15, 0.2) is 0 Å². The predicted octanol–water partition coefficient (Wildman–Crippen LogP) is 1.47. The zero-order valence-corrected chi connectivity index (χ0v) is 10.5. The molecule has 2 heterocycles. The summed E-state index contributed by atoms with van der Waals surface area (Å²) in [5.41, 5.74) is 6.26. The van der Waals surface area contributed by atoms with Gasteiger partial charge in [-0.05, 0) is 38.3 Å². The van der Waals surface area contributed by atoms with Gasteiger partial charge in [-0.1, -0.05) is 13.3 Å². The predicted molar refractivity (Wildman–Crippen MR) is 66.4 cm³/mol. The summed E-state index contributed by atoms with van der Waals surface area (Å²) in [4.78, 5) is 2.55. The molecule has 16 heavy (non-hydrogen) atoms. The van der Waals surface area contributed by atoms with Crippen LogP contribution < -0.4 is 5.73 Å². The van der Waals surface area contributed by atoms with Crippen molar-refractivity contribution in [2.45, 2.75) is 38.6 Å². The molecule has 0 saturated carbocycles. The normalized spacial score (nSPS) is 30.8. The van der Waals surface area contributed by atoms with Gasteiger partial charge >= 0.3 is 0 Å². The Kier molecular flexibility index (Phi) is 4.62. The van der Waals surface area contributed by atoms with E-state index in [1.165, 1.54) is 32.4 Å². The van der Waals surface area contributed by atoms with E-state index in [0.29, 0.717) is 12.0 Å². The number of nitrogens with zero attached hydrogens (tertiary/aromatic N) is 1. The fourth-order valence-corrected chi connectivity index (χ4v) is 2.91. The average molecular weight is 226 g/mol. The van der Waals surface area contributed by atoms with Gasteiger partial charge in [0.1, 0.15) is 0 Å². The first-order chi connectivity index (χ1) is 7.79. The van der Waals surface area contributed by atoms with Crippen molar-refractivity contribution < 1.29 is 4.74 Å². The number of nitrogens with two attached hydrogens (primary N) is 1. The Morgan fingerprint density at radius 1 is 1.31 bits per heavy atom. The van der Waals surface area contributed by atoms with Gasteiger partial charge in [0.25, 0.3) is 0 Å². The molecule has 2 saturated heterocycles. The van der Waals surface area contributed by atoms with Crippen LogP contribution in [0.2, 0.25) is 0 Å². The second-order valence-corrected chi connectivity index (χ2v) is 5.44. The lowest BCUT2D eigenvalue weighted by molar-refractivity contribution is 0.147. The van der Waals surface area contributed by atoms with Crippen molar-refractivity contribution in [2.75, 3.05) is 32.8 Å². The molecule has 0 radical (unpaired) electrons. The van der Waals surface area contributed by atoms with Crippen molar-refractivity contribution in [2.24, 2.45) is 17.6 Å². The smallest absolute Gasteiger partial charge is 0.0510 e. The minimum atomic E-state index is 0.320. The summed E-state index contributed by atoms with van der Waals surface area (Å²) in [6, 6.07) is 0.320. The van der Waals surface area contributed by atoms with Crippen molar-refractivity contribution in [3.05, 3.63) is 0 Å². The van der Waals surface area contributed by atoms with Gasteiger partial charge in [0.05, 0.1) is 6.61 Å². The van der Waals surface area contributed by atoms with E-state index in [1.54, 1.807) is 0 Å². The van der Waals surface area contributed by atoms with E-state index in [-0.39, 0.29) is 0 Å². The maximum atomic E-state index is 6.26. The molecule has 0 aromatic heterocycles. The molecule has 2 aliphatic rings. The molecular weight excluding hydrogens is 200 g/mol. The Balaban J connectivity index is 1.69.